The van der Waals surface area contributed by atoms with Gasteiger partial charge in [0, 0.05) is 22.6 Å². The maximum absolute atomic E-state index is 11.9. The van der Waals surface area contributed by atoms with E-state index in [4.69, 9.17) is 8.83 Å². The third kappa shape index (κ3) is 2.78. The van der Waals surface area contributed by atoms with Crippen molar-refractivity contribution in [2.45, 2.75) is 0 Å². The lowest BCUT2D eigenvalue weighted by atomic mass is 10.0. The van der Waals surface area contributed by atoms with Crippen LogP contribution in [0.25, 0.3) is 33.3 Å². The molecule has 132 valence electrons. The van der Waals surface area contributed by atoms with Gasteiger partial charge in [0.15, 0.2) is 11.3 Å². The lowest BCUT2D eigenvalue weighted by Gasteiger charge is -1.98. The second-order valence-corrected chi connectivity index (χ2v) is 6.40. The molecule has 0 unspecified atom stereocenters. The van der Waals surface area contributed by atoms with Crippen molar-refractivity contribution in [2.75, 3.05) is 0 Å². The van der Waals surface area contributed by atoms with Gasteiger partial charge in [-0.1, -0.05) is 60.4 Å². The molecule has 0 spiro atoms. The van der Waals surface area contributed by atoms with Gasteiger partial charge in [0.2, 0.25) is 0 Å². The van der Waals surface area contributed by atoms with Crippen molar-refractivity contribution in [1.82, 2.24) is 0 Å². The van der Waals surface area contributed by atoms with E-state index in [0.29, 0.717) is 22.5 Å². The molecule has 0 aliphatic rings. The molecule has 3 nitrogen and oxygen atoms in total. The van der Waals surface area contributed by atoms with Crippen molar-refractivity contribution < 1.29 is 8.83 Å². The third-order valence-electron chi connectivity index (χ3n) is 4.58. The molecule has 0 atom stereocenters. The normalized spacial score (nSPS) is 10.7. The van der Waals surface area contributed by atoms with Crippen molar-refractivity contribution in [3.63, 3.8) is 0 Å². The van der Waals surface area contributed by atoms with E-state index in [1.165, 1.54) is 6.07 Å². The van der Waals surface area contributed by atoms with E-state index in [9.17, 15) is 4.79 Å². The first kappa shape index (κ1) is 16.2. The molecule has 3 aromatic carbocycles. The molecule has 5 rings (SSSR count). The first-order valence-electron chi connectivity index (χ1n) is 8.91. The molecule has 2 aromatic heterocycles. The average molecular weight is 362 g/mol. The summed E-state index contributed by atoms with van der Waals surface area (Å²) in [4.78, 5) is 11.9. The van der Waals surface area contributed by atoms with Crippen LogP contribution in [-0.2, 0) is 0 Å². The Labute approximate surface area is 160 Å². The zero-order chi connectivity index (χ0) is 18.9. The highest BCUT2D eigenvalue weighted by atomic mass is 16.4. The Kier molecular flexibility index (Phi) is 3.81. The molecule has 0 amide bonds. The SMILES string of the molecule is O=c1ccc2ccc3oc(-c4ccccc4)c(C#Cc4ccccc4)c3c2o1. The fraction of sp³-hybridized carbons (Fsp3) is 0. The number of benzene rings is 3. The van der Waals surface area contributed by atoms with E-state index < -0.39 is 5.63 Å². The fourth-order valence-corrected chi connectivity index (χ4v) is 3.28. The summed E-state index contributed by atoms with van der Waals surface area (Å²) in [6.45, 7) is 0. The minimum absolute atomic E-state index is 0.399. The van der Waals surface area contributed by atoms with Crippen LogP contribution in [0.3, 0.4) is 0 Å². The second-order valence-electron chi connectivity index (χ2n) is 6.40. The van der Waals surface area contributed by atoms with Crippen LogP contribution >= 0.6 is 0 Å². The first-order valence-corrected chi connectivity index (χ1v) is 8.91. The van der Waals surface area contributed by atoms with Gasteiger partial charge in [-0.25, -0.2) is 4.79 Å². The quantitative estimate of drug-likeness (QED) is 0.288. The predicted octanol–water partition coefficient (Wildman–Crippen LogP) is 5.61. The zero-order valence-electron chi connectivity index (χ0n) is 14.8. The summed E-state index contributed by atoms with van der Waals surface area (Å²) in [5, 5.41) is 1.55. The lowest BCUT2D eigenvalue weighted by molar-refractivity contribution is 0.563. The first-order chi connectivity index (χ1) is 13.8. The van der Waals surface area contributed by atoms with Gasteiger partial charge >= 0.3 is 5.63 Å². The predicted molar refractivity (Wildman–Crippen MR) is 110 cm³/mol. The van der Waals surface area contributed by atoms with Crippen LogP contribution in [-0.4, -0.2) is 0 Å². The van der Waals surface area contributed by atoms with E-state index in [-0.39, 0.29) is 0 Å². The van der Waals surface area contributed by atoms with Crippen LogP contribution in [0.2, 0.25) is 0 Å². The van der Waals surface area contributed by atoms with Gasteiger partial charge in [-0.05, 0) is 30.3 Å². The van der Waals surface area contributed by atoms with Gasteiger partial charge in [-0.3, -0.25) is 0 Å². The minimum atomic E-state index is -0.399. The van der Waals surface area contributed by atoms with E-state index in [2.05, 4.69) is 11.8 Å². The number of hydrogen-bond acceptors (Lipinski definition) is 3. The third-order valence-corrected chi connectivity index (χ3v) is 4.58. The van der Waals surface area contributed by atoms with Gasteiger partial charge in [0.05, 0.1) is 10.9 Å². The fourth-order valence-electron chi connectivity index (χ4n) is 3.28. The van der Waals surface area contributed by atoms with Crippen LogP contribution < -0.4 is 5.63 Å². The van der Waals surface area contributed by atoms with Crippen molar-refractivity contribution >= 4 is 21.9 Å². The van der Waals surface area contributed by atoms with Crippen LogP contribution in [0.15, 0.2) is 98.6 Å². The molecular formula is C25H14O3. The summed E-state index contributed by atoms with van der Waals surface area (Å²) in [6, 6.07) is 26.5. The summed E-state index contributed by atoms with van der Waals surface area (Å²) in [7, 11) is 0. The highest BCUT2D eigenvalue weighted by Gasteiger charge is 2.18. The van der Waals surface area contributed by atoms with Gasteiger partial charge in [0.1, 0.15) is 5.58 Å². The Balaban J connectivity index is 1.87. The Morgan fingerprint density at radius 2 is 1.39 bits per heavy atom. The number of hydrogen-bond donors (Lipinski definition) is 0. The van der Waals surface area contributed by atoms with E-state index in [1.54, 1.807) is 6.07 Å². The van der Waals surface area contributed by atoms with Gasteiger partial charge < -0.3 is 8.83 Å². The largest absolute Gasteiger partial charge is 0.455 e. The Morgan fingerprint density at radius 1 is 0.679 bits per heavy atom. The molecule has 0 saturated carbocycles. The molecule has 0 radical (unpaired) electrons. The van der Waals surface area contributed by atoms with E-state index >= 15 is 0 Å². The molecule has 3 heteroatoms. The standard InChI is InChI=1S/C25H14O3/c26-22-16-13-19-12-15-21-23(25(19)28-22)20(14-11-17-7-3-1-4-8-17)24(27-21)18-9-5-2-6-10-18/h1-10,12-13,15-16H. The van der Waals surface area contributed by atoms with Crippen molar-refractivity contribution in [3.8, 4) is 23.2 Å². The molecule has 0 fully saturated rings. The molecule has 28 heavy (non-hydrogen) atoms. The molecule has 0 N–H and O–H groups in total. The maximum atomic E-state index is 11.9. The summed E-state index contributed by atoms with van der Waals surface area (Å²) >= 11 is 0. The lowest BCUT2D eigenvalue weighted by Crippen LogP contribution is -1.94. The molecule has 0 bridgehead atoms. The van der Waals surface area contributed by atoms with Crippen LogP contribution in [0, 0.1) is 11.8 Å². The van der Waals surface area contributed by atoms with Crippen molar-refractivity contribution in [2.24, 2.45) is 0 Å². The van der Waals surface area contributed by atoms with Crippen LogP contribution in [0.5, 0.6) is 0 Å². The summed E-state index contributed by atoms with van der Waals surface area (Å²) in [6.07, 6.45) is 0. The summed E-state index contributed by atoms with van der Waals surface area (Å²) < 4.78 is 11.7. The Morgan fingerprint density at radius 3 is 2.18 bits per heavy atom. The molecule has 0 aliphatic carbocycles. The smallest absolute Gasteiger partial charge is 0.336 e. The Hall–Kier alpha value is -4.03. The second kappa shape index (κ2) is 6.61. The maximum Gasteiger partial charge on any atom is 0.336 e. The number of rotatable bonds is 1. The number of furan rings is 1. The molecular weight excluding hydrogens is 348 g/mol. The van der Waals surface area contributed by atoms with E-state index in [0.717, 1.165) is 21.9 Å². The van der Waals surface area contributed by atoms with Gasteiger partial charge in [-0.15, -0.1) is 0 Å². The zero-order valence-corrected chi connectivity index (χ0v) is 14.8. The highest BCUT2D eigenvalue weighted by molar-refractivity contribution is 6.07. The van der Waals surface area contributed by atoms with Crippen LogP contribution in [0.4, 0.5) is 0 Å². The van der Waals surface area contributed by atoms with Crippen LogP contribution in [0.1, 0.15) is 11.1 Å². The summed E-state index contributed by atoms with van der Waals surface area (Å²) in [5.74, 6) is 7.12. The molecule has 2 heterocycles. The average Bonchev–Trinajstić information content (AvgIpc) is 3.13. The molecule has 0 aliphatic heterocycles. The number of fused-ring (bicyclic) bond motifs is 3. The molecule has 5 aromatic rings. The molecule has 0 saturated heterocycles. The van der Waals surface area contributed by atoms with Crippen molar-refractivity contribution in [1.29, 1.82) is 0 Å². The highest BCUT2D eigenvalue weighted by Crippen LogP contribution is 2.36. The Bertz CT molecular complexity index is 1410. The van der Waals surface area contributed by atoms with Gasteiger partial charge in [-0.2, -0.15) is 0 Å². The minimum Gasteiger partial charge on any atom is -0.455 e. The monoisotopic (exact) mass is 362 g/mol. The van der Waals surface area contributed by atoms with E-state index in [1.807, 2.05) is 72.8 Å². The van der Waals surface area contributed by atoms with Gasteiger partial charge in [0.25, 0.3) is 0 Å². The van der Waals surface area contributed by atoms with Crippen molar-refractivity contribution in [3.05, 3.63) is 106 Å². The summed E-state index contributed by atoms with van der Waals surface area (Å²) in [5.41, 5.74) is 3.26. The topological polar surface area (TPSA) is 43.4 Å².